The van der Waals surface area contributed by atoms with Gasteiger partial charge in [-0.15, -0.1) is 0 Å². The standard InChI is InChI=1S/C33H34NO2PS/c34-33(38)27-22-24-28(25-23-27)36-32(35)21-13-2-1-3-14-26-37(29-15-7-4-8-16-29,30-17-9-5-10-18-30)31-19-11-6-12-20-31/h4-12,15-20,22-25H,1-3,13-14,21,26H2,(H-,34,38)/p+1. The second-order valence-corrected chi connectivity index (χ2v) is 13.5. The minimum absolute atomic E-state index is 0.199. The zero-order chi connectivity index (χ0) is 26.6. The lowest BCUT2D eigenvalue weighted by Gasteiger charge is -2.27. The Bertz CT molecular complexity index is 1200. The molecule has 4 rings (SSSR count). The molecule has 0 aliphatic carbocycles. The van der Waals surface area contributed by atoms with Gasteiger partial charge in [0.15, 0.2) is 0 Å². The topological polar surface area (TPSA) is 52.3 Å². The highest BCUT2D eigenvalue weighted by Crippen LogP contribution is 2.56. The quantitative estimate of drug-likeness (QED) is 0.0686. The van der Waals surface area contributed by atoms with E-state index in [-0.39, 0.29) is 5.97 Å². The lowest BCUT2D eigenvalue weighted by Crippen LogP contribution is -2.33. The van der Waals surface area contributed by atoms with E-state index in [1.165, 1.54) is 15.9 Å². The molecule has 0 atom stereocenters. The lowest BCUT2D eigenvalue weighted by molar-refractivity contribution is -0.134. The molecule has 4 aromatic rings. The second kappa shape index (κ2) is 14.0. The molecule has 38 heavy (non-hydrogen) atoms. The smallest absolute Gasteiger partial charge is 0.311 e. The van der Waals surface area contributed by atoms with E-state index < -0.39 is 7.26 Å². The van der Waals surface area contributed by atoms with Gasteiger partial charge in [-0.2, -0.15) is 0 Å². The van der Waals surface area contributed by atoms with Gasteiger partial charge in [-0.1, -0.05) is 79.7 Å². The average molecular weight is 541 g/mol. The van der Waals surface area contributed by atoms with Crippen LogP contribution in [0.3, 0.4) is 0 Å². The third-order valence-electron chi connectivity index (χ3n) is 6.84. The Morgan fingerprint density at radius 2 is 1.08 bits per heavy atom. The van der Waals surface area contributed by atoms with Crippen LogP contribution in [0.25, 0.3) is 0 Å². The maximum absolute atomic E-state index is 12.3. The Balaban J connectivity index is 1.32. The van der Waals surface area contributed by atoms with Crippen LogP contribution in [0.15, 0.2) is 115 Å². The van der Waals surface area contributed by atoms with Crippen LogP contribution >= 0.6 is 19.5 Å². The van der Waals surface area contributed by atoms with E-state index in [1.54, 1.807) is 24.3 Å². The van der Waals surface area contributed by atoms with Gasteiger partial charge in [-0.05, 0) is 79.9 Å². The highest BCUT2D eigenvalue weighted by atomic mass is 32.1. The number of unbranched alkanes of at least 4 members (excludes halogenated alkanes) is 4. The summed E-state index contributed by atoms with van der Waals surface area (Å²) in [6.45, 7) is 0. The molecule has 0 radical (unpaired) electrons. The number of esters is 1. The predicted molar refractivity (Wildman–Crippen MR) is 166 cm³/mol. The summed E-state index contributed by atoms with van der Waals surface area (Å²) in [5, 5.41) is 4.30. The molecule has 0 unspecified atom stereocenters. The van der Waals surface area contributed by atoms with Gasteiger partial charge in [0, 0.05) is 12.0 Å². The normalized spacial score (nSPS) is 11.2. The Kier molecular flexibility index (Phi) is 10.2. The van der Waals surface area contributed by atoms with Gasteiger partial charge in [0.25, 0.3) is 0 Å². The van der Waals surface area contributed by atoms with Gasteiger partial charge in [0.2, 0.25) is 0 Å². The van der Waals surface area contributed by atoms with Crippen LogP contribution < -0.4 is 26.4 Å². The summed E-state index contributed by atoms with van der Waals surface area (Å²) >= 11 is 4.96. The Labute approximate surface area is 232 Å². The van der Waals surface area contributed by atoms with Crippen molar-refractivity contribution >= 4 is 46.4 Å². The van der Waals surface area contributed by atoms with Crippen LogP contribution in [0.2, 0.25) is 0 Å². The van der Waals surface area contributed by atoms with Gasteiger partial charge < -0.3 is 10.5 Å². The van der Waals surface area contributed by atoms with Crippen LogP contribution in [0, 0.1) is 0 Å². The molecule has 0 saturated carbocycles. The summed E-state index contributed by atoms with van der Waals surface area (Å²) in [4.78, 5) is 12.6. The molecule has 4 aromatic carbocycles. The number of carbonyl (C=O) groups excluding carboxylic acids is 1. The summed E-state index contributed by atoms with van der Waals surface area (Å²) < 4.78 is 5.45. The first-order chi connectivity index (χ1) is 18.6. The molecule has 0 bridgehead atoms. The molecule has 5 heteroatoms. The van der Waals surface area contributed by atoms with Crippen LogP contribution in [-0.4, -0.2) is 17.1 Å². The van der Waals surface area contributed by atoms with E-state index in [1.807, 2.05) is 0 Å². The van der Waals surface area contributed by atoms with Crippen molar-refractivity contribution in [1.29, 1.82) is 0 Å². The molecule has 0 aliphatic heterocycles. The fraction of sp³-hybridized carbons (Fsp3) is 0.212. The average Bonchev–Trinajstić information content (AvgIpc) is 2.96. The second-order valence-electron chi connectivity index (χ2n) is 9.42. The first kappa shape index (κ1) is 27.7. The molecule has 2 N–H and O–H groups in total. The van der Waals surface area contributed by atoms with Crippen LogP contribution in [0.1, 0.15) is 44.1 Å². The fourth-order valence-electron chi connectivity index (χ4n) is 4.90. The predicted octanol–water partition coefficient (Wildman–Crippen LogP) is 6.56. The van der Waals surface area contributed by atoms with Gasteiger partial charge in [-0.3, -0.25) is 4.79 Å². The number of carbonyl (C=O) groups is 1. The fourth-order valence-corrected chi connectivity index (χ4v) is 9.45. The number of ether oxygens (including phenoxy) is 1. The van der Waals surface area contributed by atoms with E-state index in [9.17, 15) is 4.79 Å². The number of nitrogens with two attached hydrogens (primary N) is 1. The number of hydrogen-bond donors (Lipinski definition) is 1. The maximum atomic E-state index is 12.3. The van der Waals surface area contributed by atoms with Crippen LogP contribution in [-0.2, 0) is 4.79 Å². The monoisotopic (exact) mass is 540 g/mol. The minimum Gasteiger partial charge on any atom is -0.427 e. The van der Waals surface area contributed by atoms with E-state index in [0.29, 0.717) is 17.2 Å². The van der Waals surface area contributed by atoms with Crippen molar-refractivity contribution in [3.05, 3.63) is 121 Å². The zero-order valence-corrected chi connectivity index (χ0v) is 23.4. The van der Waals surface area contributed by atoms with Gasteiger partial charge in [-0.25, -0.2) is 0 Å². The molecule has 0 fully saturated rings. The molecule has 0 saturated heterocycles. The van der Waals surface area contributed by atoms with E-state index in [4.69, 9.17) is 22.7 Å². The number of thiocarbonyl (C=S) groups is 1. The first-order valence-corrected chi connectivity index (χ1v) is 15.6. The van der Waals surface area contributed by atoms with Crippen molar-refractivity contribution in [3.63, 3.8) is 0 Å². The summed E-state index contributed by atoms with van der Waals surface area (Å²) in [6.07, 6.45) is 6.80. The minimum atomic E-state index is -1.76. The third kappa shape index (κ3) is 7.16. The number of rotatable bonds is 13. The summed E-state index contributed by atoms with van der Waals surface area (Å²) in [5.41, 5.74) is 6.38. The van der Waals surface area contributed by atoms with Crippen molar-refractivity contribution in [1.82, 2.24) is 0 Å². The zero-order valence-electron chi connectivity index (χ0n) is 21.7. The summed E-state index contributed by atoms with van der Waals surface area (Å²) in [7, 11) is -1.76. The SMILES string of the molecule is NC(=S)c1ccc(OC(=O)CCCCCCC[P+](c2ccccc2)(c2ccccc2)c2ccccc2)cc1. The van der Waals surface area contributed by atoms with Crippen molar-refractivity contribution in [2.75, 3.05) is 6.16 Å². The van der Waals surface area contributed by atoms with Gasteiger partial charge >= 0.3 is 5.97 Å². The molecule has 3 nitrogen and oxygen atoms in total. The molecular formula is C33H35NO2PS+. The summed E-state index contributed by atoms with van der Waals surface area (Å²) in [6, 6.07) is 40.1. The third-order valence-corrected chi connectivity index (χ3v) is 11.6. The molecule has 0 amide bonds. The Hall–Kier alpha value is -3.33. The largest absolute Gasteiger partial charge is 0.427 e. The number of benzene rings is 4. The highest BCUT2D eigenvalue weighted by Gasteiger charge is 2.44. The first-order valence-electron chi connectivity index (χ1n) is 13.2. The van der Waals surface area contributed by atoms with Crippen LogP contribution in [0.4, 0.5) is 0 Å². The van der Waals surface area contributed by atoms with Gasteiger partial charge in [0.1, 0.15) is 33.9 Å². The highest BCUT2D eigenvalue weighted by molar-refractivity contribution is 7.95. The number of hydrogen-bond acceptors (Lipinski definition) is 3. The Morgan fingerprint density at radius 1 is 0.632 bits per heavy atom. The van der Waals surface area contributed by atoms with Crippen molar-refractivity contribution in [3.8, 4) is 5.75 Å². The Morgan fingerprint density at radius 3 is 1.55 bits per heavy atom. The molecular weight excluding hydrogens is 505 g/mol. The molecule has 0 spiro atoms. The van der Waals surface area contributed by atoms with E-state index in [0.717, 1.165) is 43.8 Å². The van der Waals surface area contributed by atoms with Crippen molar-refractivity contribution < 1.29 is 9.53 Å². The van der Waals surface area contributed by atoms with Crippen molar-refractivity contribution in [2.24, 2.45) is 5.73 Å². The lowest BCUT2D eigenvalue weighted by atomic mass is 10.1. The molecule has 0 heterocycles. The molecule has 0 aliphatic rings. The molecule has 194 valence electrons. The maximum Gasteiger partial charge on any atom is 0.311 e. The summed E-state index contributed by atoms with van der Waals surface area (Å²) in [5.74, 6) is 0.327. The van der Waals surface area contributed by atoms with Crippen molar-refractivity contribution in [2.45, 2.75) is 38.5 Å². The van der Waals surface area contributed by atoms with E-state index in [2.05, 4.69) is 91.0 Å². The van der Waals surface area contributed by atoms with Crippen LogP contribution in [0.5, 0.6) is 5.75 Å². The molecule has 0 aromatic heterocycles. The van der Waals surface area contributed by atoms with E-state index >= 15 is 0 Å². The van der Waals surface area contributed by atoms with Gasteiger partial charge in [0.05, 0.1) is 6.16 Å².